The van der Waals surface area contributed by atoms with Gasteiger partial charge in [0.1, 0.15) is 13.2 Å². The highest BCUT2D eigenvalue weighted by atomic mass is 16.6. The number of rotatable bonds is 67. The van der Waals surface area contributed by atoms with Gasteiger partial charge in [-0.3, -0.25) is 14.4 Å². The molecule has 0 rings (SSSR count). The minimum atomic E-state index is -0.778. The van der Waals surface area contributed by atoms with Crippen LogP contribution in [0.2, 0.25) is 0 Å². The molecule has 1 atom stereocenters. The number of carbonyl (C=O) groups is 3. The van der Waals surface area contributed by atoms with E-state index >= 15 is 0 Å². The standard InChI is InChI=1S/C76H138O6/c1-4-7-10-13-16-19-22-25-28-31-34-36-37-38-39-40-43-45-48-51-54-57-60-63-66-69-75(78)81-72-73(71-80-74(77)68-65-62-59-56-53-50-47-44-41-33-30-27-24-21-18-15-12-9-6-3)82-76(79)70-67-64-61-58-55-52-49-46-42-35-32-29-26-23-20-17-14-11-8-5-2/h18,21-22,25,27,30-31,34,37-38,73H,4-17,19-20,23-24,26,28-29,32-33,35-36,39-72H2,1-3H3/b21-18-,25-22-,30-27-,34-31-,38-37-. The number of hydrogen-bond donors (Lipinski definition) is 0. The Morgan fingerprint density at radius 1 is 0.244 bits per heavy atom. The Kier molecular flexibility index (Phi) is 68.1. The highest BCUT2D eigenvalue weighted by Gasteiger charge is 2.19. The molecule has 0 aliphatic heterocycles. The van der Waals surface area contributed by atoms with Crippen LogP contribution >= 0.6 is 0 Å². The van der Waals surface area contributed by atoms with Gasteiger partial charge in [-0.15, -0.1) is 0 Å². The molecule has 0 aromatic rings. The van der Waals surface area contributed by atoms with Crippen LogP contribution in [0.5, 0.6) is 0 Å². The van der Waals surface area contributed by atoms with Crippen molar-refractivity contribution in [1.82, 2.24) is 0 Å². The summed E-state index contributed by atoms with van der Waals surface area (Å²) >= 11 is 0. The van der Waals surface area contributed by atoms with Crippen molar-refractivity contribution in [2.75, 3.05) is 13.2 Å². The Hall–Kier alpha value is -2.89. The van der Waals surface area contributed by atoms with Crippen molar-refractivity contribution in [1.29, 1.82) is 0 Å². The summed E-state index contributed by atoms with van der Waals surface area (Å²) in [6.45, 7) is 6.67. The molecule has 0 spiro atoms. The highest BCUT2D eigenvalue weighted by molar-refractivity contribution is 5.71. The molecule has 0 fully saturated rings. The van der Waals surface area contributed by atoms with Crippen LogP contribution in [0, 0.1) is 0 Å². The van der Waals surface area contributed by atoms with E-state index in [4.69, 9.17) is 14.2 Å². The summed E-state index contributed by atoms with van der Waals surface area (Å²) in [7, 11) is 0. The molecule has 0 saturated heterocycles. The predicted octanol–water partition coefficient (Wildman–Crippen LogP) is 25.1. The van der Waals surface area contributed by atoms with Crippen molar-refractivity contribution < 1.29 is 28.6 Å². The lowest BCUT2D eigenvalue weighted by atomic mass is 10.0. The van der Waals surface area contributed by atoms with Crippen molar-refractivity contribution in [3.8, 4) is 0 Å². The molecule has 0 radical (unpaired) electrons. The zero-order valence-electron chi connectivity index (χ0n) is 55.0. The van der Waals surface area contributed by atoms with E-state index < -0.39 is 6.10 Å². The molecule has 0 heterocycles. The van der Waals surface area contributed by atoms with E-state index in [1.54, 1.807) is 0 Å². The molecule has 6 heteroatoms. The van der Waals surface area contributed by atoms with E-state index in [9.17, 15) is 14.4 Å². The van der Waals surface area contributed by atoms with Gasteiger partial charge >= 0.3 is 17.9 Å². The Morgan fingerprint density at radius 3 is 0.707 bits per heavy atom. The summed E-state index contributed by atoms with van der Waals surface area (Å²) < 4.78 is 17.0. The van der Waals surface area contributed by atoms with Crippen LogP contribution in [0.1, 0.15) is 387 Å². The van der Waals surface area contributed by atoms with Gasteiger partial charge in [-0.25, -0.2) is 0 Å². The summed E-state index contributed by atoms with van der Waals surface area (Å²) in [6, 6.07) is 0. The second-order valence-electron chi connectivity index (χ2n) is 24.5. The van der Waals surface area contributed by atoms with Gasteiger partial charge in [-0.2, -0.15) is 0 Å². The zero-order valence-corrected chi connectivity index (χ0v) is 55.0. The van der Waals surface area contributed by atoms with Crippen molar-refractivity contribution >= 4 is 17.9 Å². The third kappa shape index (κ3) is 67.9. The van der Waals surface area contributed by atoms with Gasteiger partial charge in [0, 0.05) is 19.3 Å². The van der Waals surface area contributed by atoms with Crippen LogP contribution in [-0.2, 0) is 28.6 Å². The van der Waals surface area contributed by atoms with Gasteiger partial charge in [0.25, 0.3) is 0 Å². The van der Waals surface area contributed by atoms with Gasteiger partial charge in [-0.1, -0.05) is 338 Å². The molecule has 1 unspecified atom stereocenters. The van der Waals surface area contributed by atoms with Crippen LogP contribution in [0.3, 0.4) is 0 Å². The van der Waals surface area contributed by atoms with Crippen molar-refractivity contribution in [3.05, 3.63) is 60.8 Å². The average molecular weight is 1150 g/mol. The number of allylic oxidation sites excluding steroid dienone is 10. The molecule has 0 N–H and O–H groups in total. The first-order valence-electron chi connectivity index (χ1n) is 36.3. The molecular weight excluding hydrogens is 1010 g/mol. The Balaban J connectivity index is 4.33. The minimum Gasteiger partial charge on any atom is -0.462 e. The maximum absolute atomic E-state index is 13.0. The lowest BCUT2D eigenvalue weighted by molar-refractivity contribution is -0.167. The van der Waals surface area contributed by atoms with Gasteiger partial charge in [0.05, 0.1) is 0 Å². The van der Waals surface area contributed by atoms with Gasteiger partial charge in [-0.05, 0) is 89.9 Å². The summed E-state index contributed by atoms with van der Waals surface area (Å²) in [4.78, 5) is 38.5. The van der Waals surface area contributed by atoms with Gasteiger partial charge < -0.3 is 14.2 Å². The summed E-state index contributed by atoms with van der Waals surface area (Å²) in [5, 5.41) is 0. The quantitative estimate of drug-likeness (QED) is 0.0261. The Bertz CT molecular complexity index is 1460. The van der Waals surface area contributed by atoms with E-state index in [1.165, 1.54) is 270 Å². The summed E-state index contributed by atoms with van der Waals surface area (Å²) in [5.41, 5.74) is 0. The smallest absolute Gasteiger partial charge is 0.306 e. The van der Waals surface area contributed by atoms with E-state index in [-0.39, 0.29) is 31.1 Å². The first-order chi connectivity index (χ1) is 40.5. The molecule has 0 aromatic heterocycles. The monoisotopic (exact) mass is 1150 g/mol. The fourth-order valence-corrected chi connectivity index (χ4v) is 10.8. The Morgan fingerprint density at radius 2 is 0.439 bits per heavy atom. The molecule has 0 amide bonds. The SMILES string of the molecule is CCCCC/C=C\C/C=C\CCCCCCCCCCCC(=O)OCC(COC(=O)CCCCCCCCCCCC/C=C\C/C=C\C/C=C\CCCCCCC)OC(=O)CCCCCCCCCCCCCCCCCCCCCC. The van der Waals surface area contributed by atoms with Crippen molar-refractivity contribution in [2.24, 2.45) is 0 Å². The van der Waals surface area contributed by atoms with E-state index in [1.807, 2.05) is 0 Å². The molecule has 0 bridgehead atoms. The van der Waals surface area contributed by atoms with Crippen LogP contribution in [-0.4, -0.2) is 37.2 Å². The van der Waals surface area contributed by atoms with Gasteiger partial charge in [0.15, 0.2) is 6.10 Å². The molecule has 0 aliphatic carbocycles. The maximum Gasteiger partial charge on any atom is 0.306 e. The first-order valence-corrected chi connectivity index (χ1v) is 36.3. The largest absolute Gasteiger partial charge is 0.462 e. The first kappa shape index (κ1) is 79.1. The van der Waals surface area contributed by atoms with E-state index in [0.717, 1.165) is 77.0 Å². The lowest BCUT2D eigenvalue weighted by Crippen LogP contribution is -2.30. The van der Waals surface area contributed by atoms with Crippen LogP contribution in [0.15, 0.2) is 60.8 Å². The molecule has 0 saturated carbocycles. The minimum absolute atomic E-state index is 0.0736. The number of ether oxygens (including phenoxy) is 3. The maximum atomic E-state index is 13.0. The second kappa shape index (κ2) is 70.6. The normalized spacial score (nSPS) is 12.4. The number of unbranched alkanes of at least 4 members (excludes halogenated alkanes) is 46. The summed E-state index contributed by atoms with van der Waals surface area (Å²) in [6.07, 6.45) is 91.0. The van der Waals surface area contributed by atoms with Crippen LogP contribution in [0.25, 0.3) is 0 Å². The molecule has 478 valence electrons. The predicted molar refractivity (Wildman–Crippen MR) is 358 cm³/mol. The topological polar surface area (TPSA) is 78.9 Å². The van der Waals surface area contributed by atoms with E-state index in [2.05, 4.69) is 81.5 Å². The Labute approximate surface area is 510 Å². The zero-order chi connectivity index (χ0) is 59.2. The second-order valence-corrected chi connectivity index (χ2v) is 24.5. The van der Waals surface area contributed by atoms with Gasteiger partial charge in [0.2, 0.25) is 0 Å². The molecular formula is C76H138O6. The van der Waals surface area contributed by atoms with E-state index in [0.29, 0.717) is 19.3 Å². The third-order valence-electron chi connectivity index (χ3n) is 16.2. The summed E-state index contributed by atoms with van der Waals surface area (Å²) in [5.74, 6) is -0.854. The van der Waals surface area contributed by atoms with Crippen LogP contribution < -0.4 is 0 Å². The lowest BCUT2D eigenvalue weighted by Gasteiger charge is -2.18. The molecule has 0 aliphatic rings. The highest BCUT2D eigenvalue weighted by Crippen LogP contribution is 2.18. The van der Waals surface area contributed by atoms with Crippen LogP contribution in [0.4, 0.5) is 0 Å². The number of carbonyl (C=O) groups excluding carboxylic acids is 3. The average Bonchev–Trinajstić information content (AvgIpc) is 3.47. The molecule has 82 heavy (non-hydrogen) atoms. The number of hydrogen-bond acceptors (Lipinski definition) is 6. The molecule has 6 nitrogen and oxygen atoms in total. The number of esters is 3. The fraction of sp³-hybridized carbons (Fsp3) is 0.829. The van der Waals surface area contributed by atoms with Crippen molar-refractivity contribution in [3.63, 3.8) is 0 Å². The fourth-order valence-electron chi connectivity index (χ4n) is 10.8. The van der Waals surface area contributed by atoms with Crippen molar-refractivity contribution in [2.45, 2.75) is 393 Å². The third-order valence-corrected chi connectivity index (χ3v) is 16.2. The molecule has 0 aromatic carbocycles.